The van der Waals surface area contributed by atoms with Crippen molar-refractivity contribution in [3.63, 3.8) is 0 Å². The largest absolute Gasteiger partial charge is 0.493 e. The Bertz CT molecular complexity index is 527. The van der Waals surface area contributed by atoms with E-state index in [-0.39, 0.29) is 23.7 Å². The Kier molecular flexibility index (Phi) is 5.70. The smallest absolute Gasteiger partial charge is 0.224 e. The summed E-state index contributed by atoms with van der Waals surface area (Å²) < 4.78 is 5.48. The van der Waals surface area contributed by atoms with Crippen LogP contribution in [-0.4, -0.2) is 19.1 Å². The Morgan fingerprint density at radius 3 is 2.77 bits per heavy atom. The monoisotopic (exact) mass is 324 g/mol. The maximum atomic E-state index is 12.3. The molecule has 5 heteroatoms. The van der Waals surface area contributed by atoms with Gasteiger partial charge in [0.2, 0.25) is 5.91 Å². The van der Waals surface area contributed by atoms with Gasteiger partial charge in [-0.2, -0.15) is 0 Å². The first-order valence-corrected chi connectivity index (χ1v) is 7.96. The molecule has 1 amide bonds. The van der Waals surface area contributed by atoms with Crippen molar-refractivity contribution in [2.75, 3.05) is 18.5 Å². The van der Waals surface area contributed by atoms with Crippen LogP contribution in [0.15, 0.2) is 18.2 Å². The van der Waals surface area contributed by atoms with Gasteiger partial charge in [0.05, 0.1) is 6.61 Å². The maximum Gasteiger partial charge on any atom is 0.224 e. The minimum atomic E-state index is 0. The molecule has 1 heterocycles. The highest BCUT2D eigenvalue weighted by Gasteiger charge is 2.33. The number of benzene rings is 1. The molecule has 0 atom stereocenters. The van der Waals surface area contributed by atoms with E-state index in [1.165, 1.54) is 24.8 Å². The molecule has 0 radical (unpaired) electrons. The zero-order chi connectivity index (χ0) is 14.7. The normalized spacial score (nSPS) is 18.8. The summed E-state index contributed by atoms with van der Waals surface area (Å²) in [6.07, 6.45) is 7.28. The summed E-state index contributed by atoms with van der Waals surface area (Å²) in [6, 6.07) is 5.88. The molecule has 0 spiro atoms. The average Bonchev–Trinajstić information content (AvgIpc) is 2.95. The average molecular weight is 325 g/mol. The van der Waals surface area contributed by atoms with Gasteiger partial charge in [0.25, 0.3) is 0 Å². The molecule has 122 valence electrons. The van der Waals surface area contributed by atoms with E-state index in [1.54, 1.807) is 0 Å². The molecule has 1 aromatic rings. The molecule has 1 aliphatic carbocycles. The predicted molar refractivity (Wildman–Crippen MR) is 90.7 cm³/mol. The third-order valence-corrected chi connectivity index (χ3v) is 4.86. The van der Waals surface area contributed by atoms with Gasteiger partial charge in [-0.3, -0.25) is 4.79 Å². The summed E-state index contributed by atoms with van der Waals surface area (Å²) in [4.78, 5) is 12.3. The van der Waals surface area contributed by atoms with Crippen LogP contribution in [0.25, 0.3) is 0 Å². The van der Waals surface area contributed by atoms with Crippen molar-refractivity contribution in [2.24, 2.45) is 11.1 Å². The third-order valence-electron chi connectivity index (χ3n) is 4.86. The van der Waals surface area contributed by atoms with Gasteiger partial charge in [-0.05, 0) is 48.6 Å². The number of nitrogens with two attached hydrogens (primary N) is 1. The first kappa shape index (κ1) is 17.1. The first-order valence-electron chi connectivity index (χ1n) is 7.96. The number of carbonyl (C=O) groups is 1. The van der Waals surface area contributed by atoms with E-state index in [4.69, 9.17) is 10.5 Å². The molecular weight excluding hydrogens is 300 g/mol. The van der Waals surface area contributed by atoms with Crippen LogP contribution in [0.2, 0.25) is 0 Å². The van der Waals surface area contributed by atoms with Crippen molar-refractivity contribution in [3.05, 3.63) is 23.8 Å². The lowest BCUT2D eigenvalue weighted by Crippen LogP contribution is -2.36. The fourth-order valence-corrected chi connectivity index (χ4v) is 3.56. The molecule has 1 saturated carbocycles. The van der Waals surface area contributed by atoms with Crippen LogP contribution in [0.5, 0.6) is 5.75 Å². The van der Waals surface area contributed by atoms with Crippen molar-refractivity contribution in [3.8, 4) is 5.75 Å². The minimum Gasteiger partial charge on any atom is -0.493 e. The highest BCUT2D eigenvalue weighted by atomic mass is 35.5. The van der Waals surface area contributed by atoms with Crippen LogP contribution in [0.4, 0.5) is 5.69 Å². The van der Waals surface area contributed by atoms with Crippen LogP contribution >= 0.6 is 12.4 Å². The van der Waals surface area contributed by atoms with E-state index in [2.05, 4.69) is 5.32 Å². The Balaban J connectivity index is 0.00000176. The SMILES string of the molecule is Cl.NCC1(CC(=O)Nc2ccc3c(c2)CCO3)CCCCC1. The Morgan fingerprint density at radius 2 is 2.05 bits per heavy atom. The van der Waals surface area contributed by atoms with Crippen LogP contribution in [0.1, 0.15) is 44.1 Å². The molecule has 4 nitrogen and oxygen atoms in total. The van der Waals surface area contributed by atoms with Gasteiger partial charge in [-0.1, -0.05) is 19.3 Å². The predicted octanol–water partition coefficient (Wildman–Crippen LogP) is 3.28. The minimum absolute atomic E-state index is 0. The lowest BCUT2D eigenvalue weighted by atomic mass is 9.71. The van der Waals surface area contributed by atoms with E-state index in [1.807, 2.05) is 18.2 Å². The molecular formula is C17H25ClN2O2. The highest BCUT2D eigenvalue weighted by Crippen LogP contribution is 2.38. The zero-order valence-electron chi connectivity index (χ0n) is 12.9. The second kappa shape index (κ2) is 7.34. The number of hydrogen-bond acceptors (Lipinski definition) is 3. The van der Waals surface area contributed by atoms with Gasteiger partial charge in [0.15, 0.2) is 0 Å². The van der Waals surface area contributed by atoms with Crippen LogP contribution < -0.4 is 15.8 Å². The van der Waals surface area contributed by atoms with Crippen LogP contribution in [0.3, 0.4) is 0 Å². The third kappa shape index (κ3) is 3.73. The second-order valence-electron chi connectivity index (χ2n) is 6.41. The topological polar surface area (TPSA) is 64.4 Å². The van der Waals surface area contributed by atoms with E-state index in [0.29, 0.717) is 13.0 Å². The van der Waals surface area contributed by atoms with Gasteiger partial charge in [-0.25, -0.2) is 0 Å². The van der Waals surface area contributed by atoms with Crippen molar-refractivity contribution in [2.45, 2.75) is 44.9 Å². The molecule has 0 aromatic heterocycles. The number of rotatable bonds is 4. The number of amides is 1. The summed E-state index contributed by atoms with van der Waals surface area (Å²) in [6.45, 7) is 1.35. The van der Waals surface area contributed by atoms with Gasteiger partial charge < -0.3 is 15.8 Å². The van der Waals surface area contributed by atoms with Gasteiger partial charge in [0, 0.05) is 18.5 Å². The number of nitrogens with one attached hydrogen (secondary N) is 1. The van der Waals surface area contributed by atoms with Crippen molar-refractivity contribution < 1.29 is 9.53 Å². The second-order valence-corrected chi connectivity index (χ2v) is 6.41. The Hall–Kier alpha value is -1.26. The number of hydrogen-bond donors (Lipinski definition) is 2. The van der Waals surface area contributed by atoms with Gasteiger partial charge in [0.1, 0.15) is 5.75 Å². The molecule has 0 unspecified atom stereocenters. The molecule has 0 bridgehead atoms. The lowest BCUT2D eigenvalue weighted by molar-refractivity contribution is -0.118. The van der Waals surface area contributed by atoms with E-state index in [9.17, 15) is 4.79 Å². The molecule has 22 heavy (non-hydrogen) atoms. The zero-order valence-corrected chi connectivity index (χ0v) is 13.7. The standard InChI is InChI=1S/C17H24N2O2.ClH/c18-12-17(7-2-1-3-8-17)11-16(20)19-14-4-5-15-13(10-14)6-9-21-15;/h4-5,10H,1-3,6-9,11-12,18H2,(H,19,20);1H. The quantitative estimate of drug-likeness (QED) is 0.893. The van der Waals surface area contributed by atoms with Crippen molar-refractivity contribution >= 4 is 24.0 Å². The summed E-state index contributed by atoms with van der Waals surface area (Å²) in [5, 5.41) is 3.03. The Labute approximate surface area is 138 Å². The highest BCUT2D eigenvalue weighted by molar-refractivity contribution is 5.91. The fraction of sp³-hybridized carbons (Fsp3) is 0.588. The van der Waals surface area contributed by atoms with Gasteiger partial charge >= 0.3 is 0 Å². The molecule has 1 fully saturated rings. The molecule has 3 N–H and O–H groups in total. The van der Waals surface area contributed by atoms with Crippen LogP contribution in [-0.2, 0) is 11.2 Å². The molecule has 0 saturated heterocycles. The van der Waals surface area contributed by atoms with Crippen molar-refractivity contribution in [1.82, 2.24) is 0 Å². The summed E-state index contributed by atoms with van der Waals surface area (Å²) >= 11 is 0. The summed E-state index contributed by atoms with van der Waals surface area (Å²) in [5.41, 5.74) is 8.02. The fourth-order valence-electron chi connectivity index (χ4n) is 3.56. The number of ether oxygens (including phenoxy) is 1. The van der Waals surface area contributed by atoms with E-state index in [0.717, 1.165) is 37.3 Å². The lowest BCUT2D eigenvalue weighted by Gasteiger charge is -2.35. The number of fused-ring (bicyclic) bond motifs is 1. The first-order chi connectivity index (χ1) is 10.2. The van der Waals surface area contributed by atoms with Gasteiger partial charge in [-0.15, -0.1) is 12.4 Å². The maximum absolute atomic E-state index is 12.3. The summed E-state index contributed by atoms with van der Waals surface area (Å²) in [7, 11) is 0. The molecule has 1 aromatic carbocycles. The van der Waals surface area contributed by atoms with Crippen molar-refractivity contribution in [1.29, 1.82) is 0 Å². The molecule has 2 aliphatic rings. The summed E-state index contributed by atoms with van der Waals surface area (Å²) in [5.74, 6) is 1.03. The Morgan fingerprint density at radius 1 is 1.27 bits per heavy atom. The van der Waals surface area contributed by atoms with E-state index >= 15 is 0 Å². The number of halogens is 1. The molecule has 3 rings (SSSR count). The number of anilines is 1. The van der Waals surface area contributed by atoms with E-state index < -0.39 is 0 Å². The van der Waals surface area contributed by atoms with Crippen LogP contribution in [0, 0.1) is 5.41 Å². The number of carbonyl (C=O) groups excluding carboxylic acids is 1. The molecule has 1 aliphatic heterocycles.